The van der Waals surface area contributed by atoms with Crippen molar-refractivity contribution in [2.24, 2.45) is 5.41 Å². The Labute approximate surface area is 115 Å². The highest BCUT2D eigenvalue weighted by Crippen LogP contribution is 2.37. The highest BCUT2D eigenvalue weighted by molar-refractivity contribution is 7.84. The minimum Gasteiger partial charge on any atom is -0.481 e. The Hall–Kier alpha value is -1.11. The van der Waals surface area contributed by atoms with Gasteiger partial charge in [0.15, 0.2) is 0 Å². The van der Waals surface area contributed by atoms with Gasteiger partial charge in [-0.05, 0) is 12.8 Å². The zero-order valence-corrected chi connectivity index (χ0v) is 12.1. The molecule has 0 aliphatic heterocycles. The molecule has 0 aromatic carbocycles. The number of hydrogen-bond donors (Lipinski definition) is 3. The number of aliphatic carboxylic acids is 1. The summed E-state index contributed by atoms with van der Waals surface area (Å²) in [6.45, 7) is 2.32. The molecule has 0 heterocycles. The van der Waals surface area contributed by atoms with Crippen molar-refractivity contribution in [2.45, 2.75) is 32.6 Å². The van der Waals surface area contributed by atoms with Gasteiger partial charge in [-0.25, -0.2) is 4.79 Å². The predicted molar refractivity (Wildman–Crippen MR) is 73.5 cm³/mol. The van der Waals surface area contributed by atoms with E-state index in [2.05, 4.69) is 10.6 Å². The number of urea groups is 1. The molecule has 1 rings (SSSR count). The van der Waals surface area contributed by atoms with Crippen molar-refractivity contribution < 1.29 is 18.9 Å². The van der Waals surface area contributed by atoms with E-state index in [0.29, 0.717) is 30.9 Å². The molecule has 2 amide bonds. The maximum absolute atomic E-state index is 11.5. The van der Waals surface area contributed by atoms with E-state index in [1.165, 1.54) is 0 Å². The van der Waals surface area contributed by atoms with E-state index in [4.69, 9.17) is 0 Å². The molecule has 0 aromatic rings. The fourth-order valence-corrected chi connectivity index (χ4v) is 2.87. The van der Waals surface area contributed by atoms with Gasteiger partial charge in [-0.3, -0.25) is 9.00 Å². The van der Waals surface area contributed by atoms with E-state index in [1.54, 1.807) is 0 Å². The molecule has 0 aromatic heterocycles. The Morgan fingerprint density at radius 1 is 1.26 bits per heavy atom. The number of carboxylic acids is 1. The van der Waals surface area contributed by atoms with Crippen LogP contribution >= 0.6 is 0 Å². The van der Waals surface area contributed by atoms with Crippen LogP contribution in [0, 0.1) is 5.41 Å². The van der Waals surface area contributed by atoms with Gasteiger partial charge in [0.25, 0.3) is 0 Å². The van der Waals surface area contributed by atoms with Gasteiger partial charge < -0.3 is 15.7 Å². The first-order chi connectivity index (χ1) is 9.00. The lowest BCUT2D eigenvalue weighted by molar-refractivity contribution is -0.148. The number of hydrogen-bond acceptors (Lipinski definition) is 3. The maximum atomic E-state index is 11.5. The third kappa shape index (κ3) is 4.81. The SMILES string of the molecule is CCS(=O)CCNC(=O)NCC1(C(=O)O)CCCC1. The van der Waals surface area contributed by atoms with Gasteiger partial charge in [0.1, 0.15) is 0 Å². The number of amides is 2. The molecule has 0 spiro atoms. The second-order valence-corrected chi connectivity index (χ2v) is 6.70. The van der Waals surface area contributed by atoms with Crippen LogP contribution in [0.1, 0.15) is 32.6 Å². The Balaban J connectivity index is 2.29. The van der Waals surface area contributed by atoms with Crippen LogP contribution in [-0.4, -0.2) is 45.9 Å². The van der Waals surface area contributed by atoms with E-state index < -0.39 is 22.2 Å². The van der Waals surface area contributed by atoms with Crippen molar-refractivity contribution in [1.82, 2.24) is 10.6 Å². The lowest BCUT2D eigenvalue weighted by atomic mass is 9.86. The number of nitrogens with one attached hydrogen (secondary N) is 2. The highest BCUT2D eigenvalue weighted by atomic mass is 32.2. The summed E-state index contributed by atoms with van der Waals surface area (Å²) in [5, 5.41) is 14.4. The second-order valence-electron chi connectivity index (χ2n) is 4.83. The average molecular weight is 290 g/mol. The van der Waals surface area contributed by atoms with Gasteiger partial charge >= 0.3 is 12.0 Å². The summed E-state index contributed by atoms with van der Waals surface area (Å²) in [5.41, 5.74) is -0.802. The summed E-state index contributed by atoms with van der Waals surface area (Å²) in [6, 6.07) is -0.388. The first-order valence-corrected chi connectivity index (χ1v) is 8.09. The molecule has 1 atom stereocenters. The zero-order valence-electron chi connectivity index (χ0n) is 11.2. The summed E-state index contributed by atoms with van der Waals surface area (Å²) in [4.78, 5) is 22.8. The summed E-state index contributed by atoms with van der Waals surface area (Å²) in [6.07, 6.45) is 3.01. The second kappa shape index (κ2) is 7.47. The summed E-state index contributed by atoms with van der Waals surface area (Å²) >= 11 is 0. The van der Waals surface area contributed by atoms with Crippen molar-refractivity contribution in [1.29, 1.82) is 0 Å². The number of carboxylic acid groups (broad SMARTS) is 1. The summed E-state index contributed by atoms with van der Waals surface area (Å²) in [7, 11) is -0.902. The smallest absolute Gasteiger partial charge is 0.314 e. The molecular weight excluding hydrogens is 268 g/mol. The topological polar surface area (TPSA) is 95.5 Å². The quantitative estimate of drug-likeness (QED) is 0.643. The third-order valence-electron chi connectivity index (χ3n) is 3.54. The molecule has 7 heteroatoms. The molecule has 1 unspecified atom stereocenters. The third-order valence-corrected chi connectivity index (χ3v) is 4.84. The normalized spacial score (nSPS) is 18.8. The monoisotopic (exact) mass is 290 g/mol. The van der Waals surface area contributed by atoms with Crippen LogP contribution in [0.2, 0.25) is 0 Å². The lowest BCUT2D eigenvalue weighted by Crippen LogP contribution is -2.45. The molecule has 1 aliphatic carbocycles. The molecule has 1 fully saturated rings. The van der Waals surface area contributed by atoms with Gasteiger partial charge in [-0.15, -0.1) is 0 Å². The maximum Gasteiger partial charge on any atom is 0.314 e. The fraction of sp³-hybridized carbons (Fsp3) is 0.833. The van der Waals surface area contributed by atoms with E-state index in [1.807, 2.05) is 6.92 Å². The Kier molecular flexibility index (Phi) is 6.27. The van der Waals surface area contributed by atoms with E-state index in [0.717, 1.165) is 12.8 Å². The van der Waals surface area contributed by atoms with Gasteiger partial charge in [-0.2, -0.15) is 0 Å². The van der Waals surface area contributed by atoms with Crippen LogP contribution in [0.15, 0.2) is 0 Å². The van der Waals surface area contributed by atoms with Crippen molar-refractivity contribution in [3.63, 3.8) is 0 Å². The molecular formula is C12H22N2O4S. The van der Waals surface area contributed by atoms with E-state index in [9.17, 15) is 18.9 Å². The van der Waals surface area contributed by atoms with E-state index in [-0.39, 0.29) is 12.6 Å². The molecule has 0 saturated heterocycles. The fourth-order valence-electron chi connectivity index (χ4n) is 2.25. The minimum absolute atomic E-state index is 0.158. The van der Waals surface area contributed by atoms with E-state index >= 15 is 0 Å². The Morgan fingerprint density at radius 2 is 1.89 bits per heavy atom. The van der Waals surface area contributed by atoms with Crippen molar-refractivity contribution >= 4 is 22.8 Å². The van der Waals surface area contributed by atoms with Crippen molar-refractivity contribution in [3.8, 4) is 0 Å². The van der Waals surface area contributed by atoms with Crippen LogP contribution in [0.5, 0.6) is 0 Å². The largest absolute Gasteiger partial charge is 0.481 e. The van der Waals surface area contributed by atoms with Gasteiger partial charge in [-0.1, -0.05) is 19.8 Å². The number of carbonyl (C=O) groups is 2. The molecule has 1 aliphatic rings. The lowest BCUT2D eigenvalue weighted by Gasteiger charge is -2.23. The van der Waals surface area contributed by atoms with Crippen LogP contribution in [0.4, 0.5) is 4.79 Å². The van der Waals surface area contributed by atoms with Gasteiger partial charge in [0.2, 0.25) is 0 Å². The zero-order chi connectivity index (χ0) is 14.3. The number of rotatable bonds is 7. The molecule has 1 saturated carbocycles. The highest BCUT2D eigenvalue weighted by Gasteiger charge is 2.41. The van der Waals surface area contributed by atoms with Crippen molar-refractivity contribution in [2.75, 3.05) is 24.6 Å². The van der Waals surface area contributed by atoms with Crippen LogP contribution in [0.3, 0.4) is 0 Å². The number of carbonyl (C=O) groups excluding carboxylic acids is 1. The van der Waals surface area contributed by atoms with Crippen LogP contribution < -0.4 is 10.6 Å². The predicted octanol–water partition coefficient (Wildman–Crippen LogP) is 0.699. The first-order valence-electron chi connectivity index (χ1n) is 6.60. The molecule has 0 radical (unpaired) electrons. The van der Waals surface area contributed by atoms with Gasteiger partial charge in [0.05, 0.1) is 5.41 Å². The molecule has 110 valence electrons. The summed E-state index contributed by atoms with van der Waals surface area (Å²) in [5.74, 6) is 0.164. The molecule has 19 heavy (non-hydrogen) atoms. The Morgan fingerprint density at radius 3 is 2.42 bits per heavy atom. The average Bonchev–Trinajstić information content (AvgIpc) is 2.86. The first kappa shape index (κ1) is 15.9. The van der Waals surface area contributed by atoms with Crippen molar-refractivity contribution in [3.05, 3.63) is 0 Å². The summed E-state index contributed by atoms with van der Waals surface area (Å²) < 4.78 is 11.2. The molecule has 0 bridgehead atoms. The molecule has 6 nitrogen and oxygen atoms in total. The molecule has 3 N–H and O–H groups in total. The minimum atomic E-state index is -0.902. The van der Waals surface area contributed by atoms with Crippen LogP contribution in [-0.2, 0) is 15.6 Å². The van der Waals surface area contributed by atoms with Crippen LogP contribution in [0.25, 0.3) is 0 Å². The Bertz CT molecular complexity index is 354. The van der Waals surface area contributed by atoms with Gasteiger partial charge in [0, 0.05) is 35.4 Å². The standard InChI is InChI=1S/C12H22N2O4S/c1-2-19(18)8-7-13-11(17)14-9-12(10(15)16)5-3-4-6-12/h2-9H2,1H3,(H,15,16)(H2,13,14,17).